The fourth-order valence-electron chi connectivity index (χ4n) is 3.67. The Bertz CT molecular complexity index is 1150. The minimum Gasteiger partial charge on any atom is -0.496 e. The van der Waals surface area contributed by atoms with E-state index in [4.69, 9.17) is 9.47 Å². The number of nitro benzene ring substituents is 1. The van der Waals surface area contributed by atoms with Gasteiger partial charge < -0.3 is 14.5 Å². The Kier molecular flexibility index (Phi) is 4.99. The number of fused-ring (bicyclic) bond motifs is 3. The normalized spacial score (nSPS) is 17.0. The molecule has 0 fully saturated rings. The van der Waals surface area contributed by atoms with E-state index in [1.807, 2.05) is 0 Å². The zero-order valence-corrected chi connectivity index (χ0v) is 17.2. The van der Waals surface area contributed by atoms with E-state index in [2.05, 4.69) is 16.9 Å². The monoisotopic (exact) mass is 415 g/mol. The largest absolute Gasteiger partial charge is 0.496 e. The average molecular weight is 415 g/mol. The third-order valence-electron chi connectivity index (χ3n) is 5.24. The highest BCUT2D eigenvalue weighted by Gasteiger charge is 2.25. The van der Waals surface area contributed by atoms with Gasteiger partial charge >= 0.3 is 5.69 Å². The minimum atomic E-state index is -0.669. The number of benzene rings is 1. The van der Waals surface area contributed by atoms with Crippen molar-refractivity contribution in [2.75, 3.05) is 7.11 Å². The number of nitrogens with one attached hydrogen (secondary N) is 1. The third kappa shape index (κ3) is 3.57. The Morgan fingerprint density at radius 1 is 1.41 bits per heavy atom. The standard InChI is InChI=1S/C20H21N3O5S/c1-10-4-6-13-16(8-10)29-20-17(13)19(24)21-18(22-20)11(2)28-15-7-5-12(27-3)9-14(15)23(25)26/h5,7,9-11H,4,6,8H2,1-3H3,(H,21,22,24)/t10-,11-/m0/s1. The smallest absolute Gasteiger partial charge is 0.314 e. The molecule has 0 bridgehead atoms. The number of H-pyrrole nitrogens is 1. The van der Waals surface area contributed by atoms with Crippen molar-refractivity contribution in [3.05, 3.63) is 54.9 Å². The number of thiophene rings is 1. The van der Waals surface area contributed by atoms with E-state index in [0.29, 0.717) is 27.7 Å². The van der Waals surface area contributed by atoms with Gasteiger partial charge in [-0.3, -0.25) is 14.9 Å². The first-order chi connectivity index (χ1) is 13.9. The summed E-state index contributed by atoms with van der Waals surface area (Å²) in [5, 5.41) is 12.0. The second-order valence-corrected chi connectivity index (χ2v) is 8.42. The Morgan fingerprint density at radius 2 is 2.21 bits per heavy atom. The molecule has 9 heteroatoms. The zero-order chi connectivity index (χ0) is 20.7. The van der Waals surface area contributed by atoms with Crippen LogP contribution in [0, 0.1) is 16.0 Å². The molecular weight excluding hydrogens is 394 g/mol. The van der Waals surface area contributed by atoms with Crippen LogP contribution in [0.5, 0.6) is 11.5 Å². The summed E-state index contributed by atoms with van der Waals surface area (Å²) in [7, 11) is 1.44. The van der Waals surface area contributed by atoms with Crippen molar-refractivity contribution in [1.82, 2.24) is 9.97 Å². The fourth-order valence-corrected chi connectivity index (χ4v) is 5.06. The first-order valence-electron chi connectivity index (χ1n) is 9.41. The van der Waals surface area contributed by atoms with Gasteiger partial charge in [-0.15, -0.1) is 11.3 Å². The topological polar surface area (TPSA) is 107 Å². The number of aromatic nitrogens is 2. The summed E-state index contributed by atoms with van der Waals surface area (Å²) in [5.74, 6) is 1.40. The number of nitrogens with zero attached hydrogens (tertiary/aromatic N) is 2. The molecule has 0 saturated carbocycles. The molecule has 0 amide bonds. The van der Waals surface area contributed by atoms with E-state index >= 15 is 0 Å². The predicted octanol–water partition coefficient (Wildman–Crippen LogP) is 4.17. The first kappa shape index (κ1) is 19.4. The lowest BCUT2D eigenvalue weighted by Crippen LogP contribution is -2.17. The number of hydrogen-bond donors (Lipinski definition) is 1. The van der Waals surface area contributed by atoms with Crippen LogP contribution in [-0.4, -0.2) is 22.0 Å². The molecule has 3 aromatic rings. The molecule has 0 unspecified atom stereocenters. The number of hydrogen-bond acceptors (Lipinski definition) is 7. The maximum atomic E-state index is 12.8. The molecule has 1 aromatic carbocycles. The maximum Gasteiger partial charge on any atom is 0.314 e. The molecule has 0 spiro atoms. The van der Waals surface area contributed by atoms with Crippen molar-refractivity contribution < 1.29 is 14.4 Å². The summed E-state index contributed by atoms with van der Waals surface area (Å²) in [6, 6.07) is 4.37. The second-order valence-electron chi connectivity index (χ2n) is 7.33. The number of aryl methyl sites for hydroxylation is 1. The van der Waals surface area contributed by atoms with Gasteiger partial charge in [-0.1, -0.05) is 6.92 Å². The van der Waals surface area contributed by atoms with Gasteiger partial charge in [0.25, 0.3) is 5.56 Å². The number of nitro groups is 1. The number of rotatable bonds is 5. The van der Waals surface area contributed by atoms with Crippen LogP contribution in [0.3, 0.4) is 0 Å². The molecule has 2 heterocycles. The summed E-state index contributed by atoms with van der Waals surface area (Å²) in [6.07, 6.45) is 2.26. The van der Waals surface area contributed by atoms with Crippen LogP contribution in [0.1, 0.15) is 42.6 Å². The van der Waals surface area contributed by atoms with Gasteiger partial charge in [0.1, 0.15) is 10.6 Å². The summed E-state index contributed by atoms with van der Waals surface area (Å²) in [6.45, 7) is 3.92. The molecule has 2 aromatic heterocycles. The molecule has 0 saturated heterocycles. The number of aromatic amines is 1. The van der Waals surface area contributed by atoms with Crippen LogP contribution < -0.4 is 15.0 Å². The Morgan fingerprint density at radius 3 is 2.93 bits per heavy atom. The van der Waals surface area contributed by atoms with Crippen LogP contribution >= 0.6 is 11.3 Å². The molecule has 2 atom stereocenters. The van der Waals surface area contributed by atoms with Gasteiger partial charge in [0.05, 0.1) is 23.5 Å². The van der Waals surface area contributed by atoms with Crippen LogP contribution in [0.4, 0.5) is 5.69 Å². The summed E-state index contributed by atoms with van der Waals surface area (Å²) in [4.78, 5) is 33.0. The van der Waals surface area contributed by atoms with Crippen molar-refractivity contribution >= 4 is 27.2 Å². The average Bonchev–Trinajstić information content (AvgIpc) is 3.05. The van der Waals surface area contributed by atoms with E-state index in [1.165, 1.54) is 24.1 Å². The Labute approximate surface area is 170 Å². The van der Waals surface area contributed by atoms with Crippen molar-refractivity contribution in [3.63, 3.8) is 0 Å². The Balaban J connectivity index is 1.69. The van der Waals surface area contributed by atoms with Crippen molar-refractivity contribution in [3.8, 4) is 11.5 Å². The van der Waals surface area contributed by atoms with Gasteiger partial charge in [0.2, 0.25) is 0 Å². The zero-order valence-electron chi connectivity index (χ0n) is 16.4. The fraction of sp³-hybridized carbons (Fsp3) is 0.400. The molecule has 29 heavy (non-hydrogen) atoms. The highest BCUT2D eigenvalue weighted by Crippen LogP contribution is 2.37. The molecule has 0 aliphatic heterocycles. The van der Waals surface area contributed by atoms with Crippen molar-refractivity contribution in [2.24, 2.45) is 5.92 Å². The molecule has 152 valence electrons. The van der Waals surface area contributed by atoms with Gasteiger partial charge in [-0.2, -0.15) is 0 Å². The van der Waals surface area contributed by atoms with Crippen LogP contribution in [0.2, 0.25) is 0 Å². The first-order valence-corrected chi connectivity index (χ1v) is 10.2. The number of ether oxygens (including phenoxy) is 2. The molecule has 1 aliphatic carbocycles. The lowest BCUT2D eigenvalue weighted by atomic mass is 9.89. The Hall–Kier alpha value is -2.94. The molecule has 0 radical (unpaired) electrons. The van der Waals surface area contributed by atoms with E-state index in [0.717, 1.165) is 24.8 Å². The summed E-state index contributed by atoms with van der Waals surface area (Å²) in [5.41, 5.74) is 0.722. The molecule has 1 aliphatic rings. The molecule has 4 rings (SSSR count). The number of methoxy groups -OCH3 is 1. The minimum absolute atomic E-state index is 0.0883. The third-order valence-corrected chi connectivity index (χ3v) is 6.38. The summed E-state index contributed by atoms with van der Waals surface area (Å²) < 4.78 is 10.8. The van der Waals surface area contributed by atoms with Crippen LogP contribution in [0.15, 0.2) is 23.0 Å². The van der Waals surface area contributed by atoms with Crippen molar-refractivity contribution in [2.45, 2.75) is 39.2 Å². The SMILES string of the molecule is COc1ccc(O[C@@H](C)c2nc3sc4c(c3c(=O)[nH]2)CC[C@H](C)C4)c([N+](=O)[O-])c1. The second kappa shape index (κ2) is 7.47. The predicted molar refractivity (Wildman–Crippen MR) is 110 cm³/mol. The highest BCUT2D eigenvalue weighted by molar-refractivity contribution is 7.18. The quantitative estimate of drug-likeness (QED) is 0.495. The van der Waals surface area contributed by atoms with E-state index in [1.54, 1.807) is 24.3 Å². The van der Waals surface area contributed by atoms with E-state index in [9.17, 15) is 14.9 Å². The van der Waals surface area contributed by atoms with Crippen LogP contribution in [-0.2, 0) is 12.8 Å². The maximum absolute atomic E-state index is 12.8. The molecule has 8 nitrogen and oxygen atoms in total. The summed E-state index contributed by atoms with van der Waals surface area (Å²) >= 11 is 1.56. The van der Waals surface area contributed by atoms with Gasteiger partial charge in [0.15, 0.2) is 17.7 Å². The highest BCUT2D eigenvalue weighted by atomic mass is 32.1. The van der Waals surface area contributed by atoms with Crippen molar-refractivity contribution in [1.29, 1.82) is 0 Å². The lowest BCUT2D eigenvalue weighted by molar-refractivity contribution is -0.386. The van der Waals surface area contributed by atoms with Gasteiger partial charge in [0, 0.05) is 4.88 Å². The lowest BCUT2D eigenvalue weighted by Gasteiger charge is -2.17. The molecular formula is C20H21N3O5S. The van der Waals surface area contributed by atoms with Gasteiger partial charge in [-0.25, -0.2) is 4.98 Å². The van der Waals surface area contributed by atoms with E-state index in [-0.39, 0.29) is 17.0 Å². The van der Waals surface area contributed by atoms with E-state index < -0.39 is 11.0 Å². The van der Waals surface area contributed by atoms with Crippen LogP contribution in [0.25, 0.3) is 10.2 Å². The molecule has 1 N–H and O–H groups in total. The van der Waals surface area contributed by atoms with Gasteiger partial charge in [-0.05, 0) is 49.8 Å².